The number of likely N-dealkylation sites (tertiary alicyclic amines) is 1. The molecule has 0 unspecified atom stereocenters. The molecule has 1 N–H and O–H groups in total. The lowest BCUT2D eigenvalue weighted by molar-refractivity contribution is -0.134. The molecule has 0 aliphatic carbocycles. The minimum Gasteiger partial charge on any atom is -0.391 e. The first-order valence-electron chi connectivity index (χ1n) is 4.80. The van der Waals surface area contributed by atoms with E-state index in [9.17, 15) is 9.90 Å². The molecule has 3 heteroatoms. The van der Waals surface area contributed by atoms with Gasteiger partial charge < -0.3 is 10.0 Å². The molecule has 0 bridgehead atoms. The minimum absolute atomic E-state index is 0.138. The summed E-state index contributed by atoms with van der Waals surface area (Å²) in [4.78, 5) is 13.2. The number of rotatable bonds is 3. The zero-order chi connectivity index (χ0) is 9.68. The van der Waals surface area contributed by atoms with E-state index in [1.165, 1.54) is 0 Å². The predicted molar refractivity (Wildman–Crippen MR) is 51.3 cm³/mol. The van der Waals surface area contributed by atoms with Crippen molar-refractivity contribution in [3.63, 3.8) is 0 Å². The number of piperidine rings is 1. The zero-order valence-corrected chi connectivity index (χ0v) is 7.91. The molecule has 1 saturated heterocycles. The first-order chi connectivity index (χ1) is 6.24. The average molecular weight is 183 g/mol. The lowest BCUT2D eigenvalue weighted by Crippen LogP contribution is -2.41. The lowest BCUT2D eigenvalue weighted by atomic mass is 10.1. The van der Waals surface area contributed by atoms with E-state index in [2.05, 4.69) is 6.58 Å². The Hall–Kier alpha value is -0.830. The SMILES string of the molecule is C=CCCC(=O)N1CCC[C@H](O)C1. The molecule has 1 atom stereocenters. The van der Waals surface area contributed by atoms with E-state index in [4.69, 9.17) is 0 Å². The highest BCUT2D eigenvalue weighted by molar-refractivity contribution is 5.76. The topological polar surface area (TPSA) is 40.5 Å². The predicted octanol–water partition coefficient (Wildman–Crippen LogP) is 0.936. The van der Waals surface area contributed by atoms with Gasteiger partial charge in [0, 0.05) is 19.5 Å². The second-order valence-corrected chi connectivity index (χ2v) is 3.46. The number of nitrogens with zero attached hydrogens (tertiary/aromatic N) is 1. The van der Waals surface area contributed by atoms with Crippen molar-refractivity contribution in [1.82, 2.24) is 4.90 Å². The molecule has 0 radical (unpaired) electrons. The molecule has 0 spiro atoms. The van der Waals surface area contributed by atoms with Crippen LogP contribution in [0.15, 0.2) is 12.7 Å². The third-order valence-electron chi connectivity index (χ3n) is 2.31. The van der Waals surface area contributed by atoms with Crippen LogP contribution < -0.4 is 0 Å². The number of β-amino-alcohol motifs (C(OH)–C–C–N with tert-alkyl or cyclic N) is 1. The van der Waals surface area contributed by atoms with Gasteiger partial charge in [0.1, 0.15) is 0 Å². The van der Waals surface area contributed by atoms with E-state index < -0.39 is 0 Å². The second kappa shape index (κ2) is 5.02. The molecule has 1 aliphatic rings. The van der Waals surface area contributed by atoms with Crippen molar-refractivity contribution in [2.75, 3.05) is 13.1 Å². The molecule has 0 aromatic carbocycles. The molecular weight excluding hydrogens is 166 g/mol. The number of carbonyl (C=O) groups excluding carboxylic acids is 1. The largest absolute Gasteiger partial charge is 0.391 e. The van der Waals surface area contributed by atoms with Crippen molar-refractivity contribution < 1.29 is 9.90 Å². The minimum atomic E-state index is -0.318. The summed E-state index contributed by atoms with van der Waals surface area (Å²) in [5.74, 6) is 0.138. The maximum atomic E-state index is 11.5. The highest BCUT2D eigenvalue weighted by Gasteiger charge is 2.20. The summed E-state index contributed by atoms with van der Waals surface area (Å²) in [6.07, 6.45) is 4.42. The zero-order valence-electron chi connectivity index (χ0n) is 7.91. The van der Waals surface area contributed by atoms with Gasteiger partial charge in [0.2, 0.25) is 5.91 Å². The molecule has 13 heavy (non-hydrogen) atoms. The smallest absolute Gasteiger partial charge is 0.222 e. The fourth-order valence-corrected chi connectivity index (χ4v) is 1.56. The summed E-state index contributed by atoms with van der Waals surface area (Å²) in [5, 5.41) is 9.34. The van der Waals surface area contributed by atoms with E-state index >= 15 is 0 Å². The molecule has 0 aromatic heterocycles. The molecule has 3 nitrogen and oxygen atoms in total. The van der Waals surface area contributed by atoms with Gasteiger partial charge in [-0.25, -0.2) is 0 Å². The third-order valence-corrected chi connectivity index (χ3v) is 2.31. The quantitative estimate of drug-likeness (QED) is 0.661. The Morgan fingerprint density at radius 2 is 2.46 bits per heavy atom. The Morgan fingerprint density at radius 3 is 3.08 bits per heavy atom. The Balaban J connectivity index is 2.32. The first-order valence-corrected chi connectivity index (χ1v) is 4.80. The van der Waals surface area contributed by atoms with Crippen molar-refractivity contribution in [2.45, 2.75) is 31.8 Å². The van der Waals surface area contributed by atoms with Crippen molar-refractivity contribution in [2.24, 2.45) is 0 Å². The molecule has 1 heterocycles. The molecular formula is C10H17NO2. The second-order valence-electron chi connectivity index (χ2n) is 3.46. The van der Waals surface area contributed by atoms with Crippen LogP contribution in [0.5, 0.6) is 0 Å². The molecule has 1 aliphatic heterocycles. The van der Waals surface area contributed by atoms with Crippen LogP contribution in [0.4, 0.5) is 0 Å². The van der Waals surface area contributed by atoms with Gasteiger partial charge in [-0.2, -0.15) is 0 Å². The number of aliphatic hydroxyl groups is 1. The monoisotopic (exact) mass is 183 g/mol. The fourth-order valence-electron chi connectivity index (χ4n) is 1.56. The number of hydrogen-bond donors (Lipinski definition) is 1. The van der Waals surface area contributed by atoms with E-state index in [1.54, 1.807) is 11.0 Å². The maximum absolute atomic E-state index is 11.5. The van der Waals surface area contributed by atoms with Crippen molar-refractivity contribution >= 4 is 5.91 Å². The highest BCUT2D eigenvalue weighted by Crippen LogP contribution is 2.11. The summed E-state index contributed by atoms with van der Waals surface area (Å²) >= 11 is 0. The first kappa shape index (κ1) is 10.3. The van der Waals surface area contributed by atoms with Crippen LogP contribution >= 0.6 is 0 Å². The molecule has 1 fully saturated rings. The highest BCUT2D eigenvalue weighted by atomic mass is 16.3. The van der Waals surface area contributed by atoms with Gasteiger partial charge in [-0.05, 0) is 19.3 Å². The van der Waals surface area contributed by atoms with Gasteiger partial charge in [-0.15, -0.1) is 6.58 Å². The van der Waals surface area contributed by atoms with Gasteiger partial charge in [0.15, 0.2) is 0 Å². The van der Waals surface area contributed by atoms with Crippen LogP contribution in [0.2, 0.25) is 0 Å². The average Bonchev–Trinajstić information content (AvgIpc) is 2.14. The van der Waals surface area contributed by atoms with Crippen molar-refractivity contribution in [3.8, 4) is 0 Å². The summed E-state index contributed by atoms with van der Waals surface area (Å²) in [5.41, 5.74) is 0. The summed E-state index contributed by atoms with van der Waals surface area (Å²) in [6, 6.07) is 0. The Labute approximate surface area is 79.0 Å². The van der Waals surface area contributed by atoms with Crippen LogP contribution in [-0.2, 0) is 4.79 Å². The van der Waals surface area contributed by atoms with E-state index in [-0.39, 0.29) is 12.0 Å². The van der Waals surface area contributed by atoms with Gasteiger partial charge in [-0.3, -0.25) is 4.79 Å². The Kier molecular flexibility index (Phi) is 3.96. The van der Waals surface area contributed by atoms with Gasteiger partial charge in [-0.1, -0.05) is 6.08 Å². The van der Waals surface area contributed by atoms with Gasteiger partial charge >= 0.3 is 0 Å². The Morgan fingerprint density at radius 1 is 1.69 bits per heavy atom. The molecule has 0 aromatic rings. The normalized spacial score (nSPS) is 22.8. The number of amides is 1. The number of aliphatic hydroxyl groups excluding tert-OH is 1. The molecule has 1 rings (SSSR count). The van der Waals surface area contributed by atoms with Crippen LogP contribution in [0.3, 0.4) is 0 Å². The standard InChI is InChI=1S/C10H17NO2/c1-2-3-6-10(13)11-7-4-5-9(12)8-11/h2,9,12H,1,3-8H2/t9-/m0/s1. The molecule has 74 valence electrons. The van der Waals surface area contributed by atoms with Crippen LogP contribution in [0, 0.1) is 0 Å². The lowest BCUT2D eigenvalue weighted by Gasteiger charge is -2.30. The summed E-state index contributed by atoms with van der Waals surface area (Å²) < 4.78 is 0. The van der Waals surface area contributed by atoms with Crippen LogP contribution in [-0.4, -0.2) is 35.1 Å². The Bertz CT molecular complexity index is 191. The van der Waals surface area contributed by atoms with Crippen LogP contribution in [0.1, 0.15) is 25.7 Å². The van der Waals surface area contributed by atoms with Gasteiger partial charge in [0.05, 0.1) is 6.10 Å². The summed E-state index contributed by atoms with van der Waals surface area (Å²) in [6.45, 7) is 4.88. The van der Waals surface area contributed by atoms with E-state index in [0.717, 1.165) is 25.8 Å². The number of hydrogen-bond acceptors (Lipinski definition) is 2. The maximum Gasteiger partial charge on any atom is 0.222 e. The summed E-state index contributed by atoms with van der Waals surface area (Å²) in [7, 11) is 0. The molecule has 0 saturated carbocycles. The number of carbonyl (C=O) groups is 1. The van der Waals surface area contributed by atoms with Crippen molar-refractivity contribution in [1.29, 1.82) is 0 Å². The number of allylic oxidation sites excluding steroid dienone is 1. The third kappa shape index (κ3) is 3.19. The van der Waals surface area contributed by atoms with Crippen molar-refractivity contribution in [3.05, 3.63) is 12.7 Å². The van der Waals surface area contributed by atoms with E-state index in [0.29, 0.717) is 13.0 Å². The fraction of sp³-hybridized carbons (Fsp3) is 0.700. The molecule has 1 amide bonds. The van der Waals surface area contributed by atoms with Crippen LogP contribution in [0.25, 0.3) is 0 Å². The van der Waals surface area contributed by atoms with E-state index in [1.807, 2.05) is 0 Å². The van der Waals surface area contributed by atoms with Gasteiger partial charge in [0.25, 0.3) is 0 Å².